The Bertz CT molecular complexity index is 712. The lowest BCUT2D eigenvalue weighted by molar-refractivity contribution is -0.0683. The van der Waals surface area contributed by atoms with Gasteiger partial charge in [0.25, 0.3) is 0 Å². The van der Waals surface area contributed by atoms with Gasteiger partial charge in [-0.15, -0.1) is 0 Å². The fraction of sp³-hybridized carbons (Fsp3) is 1.00. The van der Waals surface area contributed by atoms with Crippen LogP contribution in [0.1, 0.15) is 129 Å². The van der Waals surface area contributed by atoms with E-state index in [4.69, 9.17) is 23.3 Å². The topological polar surface area (TPSA) is 155 Å². The van der Waals surface area contributed by atoms with E-state index in [2.05, 4.69) is 22.2 Å². The van der Waals surface area contributed by atoms with Crippen LogP contribution in [-0.2, 0) is 43.4 Å². The molecule has 0 radical (unpaired) electrons. The third kappa shape index (κ3) is 32.4. The fourth-order valence-corrected chi connectivity index (χ4v) is 5.04. The first-order chi connectivity index (χ1) is 19.6. The first-order valence-electron chi connectivity index (χ1n) is 15.6. The number of hydrogen-bond donors (Lipinski definition) is 2. The van der Waals surface area contributed by atoms with Crippen molar-refractivity contribution in [3.8, 4) is 0 Å². The average molecular weight is 635 g/mol. The van der Waals surface area contributed by atoms with Gasteiger partial charge < -0.3 is 14.2 Å². The Hall–Kier alpha value is -0.380. The van der Waals surface area contributed by atoms with Crippen molar-refractivity contribution in [1.82, 2.24) is 0 Å². The van der Waals surface area contributed by atoms with Crippen molar-refractivity contribution in [3.63, 3.8) is 0 Å². The molecule has 41 heavy (non-hydrogen) atoms. The van der Waals surface area contributed by atoms with Crippen molar-refractivity contribution >= 4 is 20.8 Å². The molecule has 0 heterocycles. The van der Waals surface area contributed by atoms with Crippen LogP contribution in [0, 0.1) is 0 Å². The highest BCUT2D eigenvalue weighted by Gasteiger charge is 2.15. The lowest BCUT2D eigenvalue weighted by Gasteiger charge is -2.21. The molecule has 0 saturated heterocycles. The normalized spacial score (nSPS) is 14.0. The molecule has 2 N–H and O–H groups in total. The third-order valence-corrected chi connectivity index (χ3v) is 7.63. The van der Waals surface area contributed by atoms with E-state index in [-0.39, 0.29) is 51.8 Å². The summed E-state index contributed by atoms with van der Waals surface area (Å²) in [6.45, 7) is 4.38. The molecule has 248 valence electrons. The van der Waals surface area contributed by atoms with E-state index in [9.17, 15) is 16.8 Å². The molecule has 0 aromatic carbocycles. The molecule has 0 fully saturated rings. The van der Waals surface area contributed by atoms with Gasteiger partial charge in [0.2, 0.25) is 0 Å². The van der Waals surface area contributed by atoms with Crippen molar-refractivity contribution in [2.24, 2.45) is 0 Å². The number of hydrogen-bond acceptors (Lipinski definition) is 9. The zero-order valence-corrected chi connectivity index (χ0v) is 27.1. The number of rotatable bonds is 32. The van der Waals surface area contributed by atoms with Crippen LogP contribution in [0.4, 0.5) is 0 Å². The molecule has 0 amide bonds. The molecule has 0 aliphatic carbocycles. The number of ether oxygens (including phenoxy) is 3. The standard InChI is InChI=1S/C28H58O11S2/c1-3-5-7-9-11-13-15-17-19-27(36-21-23-38-40(29,30)31)25-35-26-28(37-22-24-39-41(32,33)34)20-18-16-14-12-10-8-6-4-2/h27-28H,3-26H2,1-2H3,(H,29,30,31)(H,32,33,34). The van der Waals surface area contributed by atoms with Crippen molar-refractivity contribution in [2.75, 3.05) is 39.6 Å². The van der Waals surface area contributed by atoms with E-state index in [0.29, 0.717) is 0 Å². The first kappa shape index (κ1) is 40.6. The molecule has 0 saturated carbocycles. The van der Waals surface area contributed by atoms with Crippen LogP contribution in [0.5, 0.6) is 0 Å². The third-order valence-electron chi connectivity index (χ3n) is 6.71. The Balaban J connectivity index is 4.63. The average Bonchev–Trinajstić information content (AvgIpc) is 2.90. The second-order valence-electron chi connectivity index (χ2n) is 10.5. The number of unbranched alkanes of at least 4 members (excludes halogenated alkanes) is 14. The molecule has 11 nitrogen and oxygen atoms in total. The van der Waals surface area contributed by atoms with Crippen molar-refractivity contribution in [3.05, 3.63) is 0 Å². The molecular formula is C28H58O11S2. The summed E-state index contributed by atoms with van der Waals surface area (Å²) in [5.41, 5.74) is 0. The molecule has 0 aliphatic rings. The van der Waals surface area contributed by atoms with Crippen LogP contribution in [0.3, 0.4) is 0 Å². The summed E-state index contributed by atoms with van der Waals surface area (Å²) in [6.07, 6.45) is 19.8. The Labute approximate surface area is 250 Å². The van der Waals surface area contributed by atoms with Crippen molar-refractivity contribution in [1.29, 1.82) is 0 Å². The quantitative estimate of drug-likeness (QED) is 0.0617. The Morgan fingerprint density at radius 2 is 0.805 bits per heavy atom. The van der Waals surface area contributed by atoms with Gasteiger partial charge in [0, 0.05) is 0 Å². The van der Waals surface area contributed by atoms with E-state index in [0.717, 1.165) is 51.4 Å². The summed E-state index contributed by atoms with van der Waals surface area (Å²) in [4.78, 5) is 0. The fourth-order valence-electron chi connectivity index (χ4n) is 4.48. The summed E-state index contributed by atoms with van der Waals surface area (Å²) in [7, 11) is -9.03. The molecule has 0 spiro atoms. The Morgan fingerprint density at radius 3 is 1.12 bits per heavy atom. The molecule has 13 heteroatoms. The lowest BCUT2D eigenvalue weighted by Crippen LogP contribution is -2.27. The van der Waals surface area contributed by atoms with Gasteiger partial charge in [-0.1, -0.05) is 117 Å². The summed E-state index contributed by atoms with van der Waals surface area (Å²) < 4.78 is 86.9. The first-order valence-corrected chi connectivity index (χ1v) is 18.3. The van der Waals surface area contributed by atoms with Crippen LogP contribution >= 0.6 is 0 Å². The van der Waals surface area contributed by atoms with Gasteiger partial charge >= 0.3 is 20.8 Å². The van der Waals surface area contributed by atoms with E-state index in [1.54, 1.807) is 0 Å². The van der Waals surface area contributed by atoms with Crippen LogP contribution in [-0.4, -0.2) is 77.8 Å². The van der Waals surface area contributed by atoms with E-state index < -0.39 is 20.8 Å². The maximum atomic E-state index is 10.8. The molecule has 0 aliphatic heterocycles. The minimum absolute atomic E-state index is 0.00398. The van der Waals surface area contributed by atoms with Crippen LogP contribution < -0.4 is 0 Å². The molecule has 2 unspecified atom stereocenters. The molecular weight excluding hydrogens is 576 g/mol. The molecule has 0 rings (SSSR count). The monoisotopic (exact) mass is 634 g/mol. The summed E-state index contributed by atoms with van der Waals surface area (Å²) in [5.74, 6) is 0. The smallest absolute Gasteiger partial charge is 0.376 e. The zero-order chi connectivity index (χ0) is 30.7. The van der Waals surface area contributed by atoms with E-state index in [1.807, 2.05) is 0 Å². The van der Waals surface area contributed by atoms with Crippen molar-refractivity contribution in [2.45, 2.75) is 142 Å². The lowest BCUT2D eigenvalue weighted by atomic mass is 10.1. The SMILES string of the molecule is CCCCCCCCCCC(COCC(CCCCCCCCCC)OCCOS(=O)(=O)O)OCCOS(=O)(=O)O. The van der Waals surface area contributed by atoms with Gasteiger partial charge in [-0.05, 0) is 12.8 Å². The summed E-state index contributed by atoms with van der Waals surface area (Å²) >= 11 is 0. The summed E-state index contributed by atoms with van der Waals surface area (Å²) in [5, 5.41) is 0. The van der Waals surface area contributed by atoms with E-state index in [1.165, 1.54) is 64.2 Å². The predicted molar refractivity (Wildman–Crippen MR) is 160 cm³/mol. The van der Waals surface area contributed by atoms with Gasteiger partial charge in [0.15, 0.2) is 0 Å². The van der Waals surface area contributed by atoms with Crippen LogP contribution in [0.25, 0.3) is 0 Å². The minimum Gasteiger partial charge on any atom is -0.376 e. The molecule has 0 aromatic rings. The molecule has 2 atom stereocenters. The highest BCUT2D eigenvalue weighted by Crippen LogP contribution is 2.15. The zero-order valence-electron chi connectivity index (χ0n) is 25.5. The summed E-state index contributed by atoms with van der Waals surface area (Å²) in [6, 6.07) is 0. The minimum atomic E-state index is -4.52. The second kappa shape index (κ2) is 27.2. The van der Waals surface area contributed by atoms with Gasteiger partial charge in [-0.3, -0.25) is 9.11 Å². The maximum Gasteiger partial charge on any atom is 0.397 e. The predicted octanol–water partition coefficient (Wildman–Crippen LogP) is 6.47. The van der Waals surface area contributed by atoms with Crippen LogP contribution in [0.15, 0.2) is 0 Å². The van der Waals surface area contributed by atoms with E-state index >= 15 is 0 Å². The van der Waals surface area contributed by atoms with Crippen LogP contribution in [0.2, 0.25) is 0 Å². The Kier molecular flexibility index (Phi) is 26.9. The van der Waals surface area contributed by atoms with Gasteiger partial charge in [-0.2, -0.15) is 16.8 Å². The highest BCUT2D eigenvalue weighted by atomic mass is 32.3. The van der Waals surface area contributed by atoms with Crippen molar-refractivity contribution < 1.29 is 48.5 Å². The largest absolute Gasteiger partial charge is 0.397 e. The van der Waals surface area contributed by atoms with Gasteiger partial charge in [0.1, 0.15) is 0 Å². The van der Waals surface area contributed by atoms with Gasteiger partial charge in [0.05, 0.1) is 51.8 Å². The second-order valence-corrected chi connectivity index (χ2v) is 12.7. The Morgan fingerprint density at radius 1 is 0.488 bits per heavy atom. The van der Waals surface area contributed by atoms with Gasteiger partial charge in [-0.25, -0.2) is 8.37 Å². The molecule has 0 aromatic heterocycles. The maximum absolute atomic E-state index is 10.8. The molecule has 0 bridgehead atoms. The highest BCUT2D eigenvalue weighted by molar-refractivity contribution is 7.81.